The number of hydrogen-bond donors (Lipinski definition) is 0. The molecule has 0 saturated carbocycles. The van der Waals surface area contributed by atoms with Gasteiger partial charge in [-0.3, -0.25) is 0 Å². The van der Waals surface area contributed by atoms with E-state index in [0.29, 0.717) is 13.0 Å². The van der Waals surface area contributed by atoms with E-state index in [-0.39, 0.29) is 5.97 Å². The van der Waals surface area contributed by atoms with Gasteiger partial charge in [0.15, 0.2) is 0 Å². The van der Waals surface area contributed by atoms with Crippen LogP contribution in [-0.4, -0.2) is 24.6 Å². The summed E-state index contributed by atoms with van der Waals surface area (Å²) in [5.41, 5.74) is 0. The highest BCUT2D eigenvalue weighted by atomic mass is 32.2. The first-order chi connectivity index (χ1) is 9.25. The quantitative estimate of drug-likeness (QED) is 0.444. The Morgan fingerprint density at radius 2 is 1.89 bits per heavy atom. The van der Waals surface area contributed by atoms with E-state index in [1.54, 1.807) is 0 Å². The van der Waals surface area contributed by atoms with E-state index >= 15 is 0 Å². The van der Waals surface area contributed by atoms with Crippen LogP contribution in [0.1, 0.15) is 58.3 Å². The summed E-state index contributed by atoms with van der Waals surface area (Å²) in [6, 6.07) is 0. The van der Waals surface area contributed by atoms with E-state index < -0.39 is 4.93 Å². The van der Waals surface area contributed by atoms with Crippen LogP contribution in [0.4, 0.5) is 0 Å². The van der Waals surface area contributed by atoms with E-state index in [0.717, 1.165) is 6.42 Å². The van der Waals surface area contributed by atoms with Crippen LogP contribution in [0.25, 0.3) is 0 Å². The number of carbonyl (C=O) groups is 1. The minimum Gasteiger partial charge on any atom is -0.466 e. The van der Waals surface area contributed by atoms with Crippen molar-refractivity contribution in [2.45, 2.75) is 63.2 Å². The van der Waals surface area contributed by atoms with Gasteiger partial charge in [-0.15, -0.1) is 0 Å². The van der Waals surface area contributed by atoms with Crippen LogP contribution in [-0.2, 0) is 14.3 Å². The third-order valence-corrected chi connectivity index (χ3v) is 4.48. The molecule has 0 aromatic rings. The van der Waals surface area contributed by atoms with Crippen molar-refractivity contribution < 1.29 is 14.3 Å². The largest absolute Gasteiger partial charge is 0.466 e. The second-order valence-electron chi connectivity index (χ2n) is 4.91. The molecule has 0 aromatic heterocycles. The summed E-state index contributed by atoms with van der Waals surface area (Å²) in [6.07, 6.45) is 11.3. The fourth-order valence-electron chi connectivity index (χ4n) is 2.14. The molecule has 1 atom stereocenters. The molecule has 0 saturated heterocycles. The first-order valence-corrected chi connectivity index (χ1v) is 8.18. The maximum Gasteiger partial charge on any atom is 0.349 e. The highest BCUT2D eigenvalue weighted by Gasteiger charge is 2.42. The van der Waals surface area contributed by atoms with E-state index in [1.165, 1.54) is 57.4 Å². The van der Waals surface area contributed by atoms with Gasteiger partial charge in [0.25, 0.3) is 0 Å². The fourth-order valence-corrected chi connectivity index (χ4v) is 3.08. The Kier molecular flexibility index (Phi) is 8.22. The Hall–Kier alpha value is -0.480. The van der Waals surface area contributed by atoms with E-state index in [1.807, 2.05) is 11.5 Å². The van der Waals surface area contributed by atoms with E-state index in [9.17, 15) is 4.79 Å². The summed E-state index contributed by atoms with van der Waals surface area (Å²) in [7, 11) is 1.42. The molecule has 1 heterocycles. The predicted octanol–water partition coefficient (Wildman–Crippen LogP) is 4.27. The molecule has 110 valence electrons. The van der Waals surface area contributed by atoms with Gasteiger partial charge in [0.1, 0.15) is 0 Å². The average molecular weight is 286 g/mol. The predicted molar refractivity (Wildman–Crippen MR) is 80.0 cm³/mol. The molecule has 0 bridgehead atoms. The van der Waals surface area contributed by atoms with Crippen molar-refractivity contribution in [3.05, 3.63) is 11.5 Å². The van der Waals surface area contributed by atoms with Crippen molar-refractivity contribution in [1.29, 1.82) is 0 Å². The molecule has 0 amide bonds. The molecule has 1 aliphatic rings. The zero-order valence-electron chi connectivity index (χ0n) is 12.2. The second kappa shape index (κ2) is 9.43. The minimum absolute atomic E-state index is 0.273. The van der Waals surface area contributed by atoms with Crippen molar-refractivity contribution in [2.24, 2.45) is 0 Å². The summed E-state index contributed by atoms with van der Waals surface area (Å²) in [4.78, 5) is 11.0. The van der Waals surface area contributed by atoms with Gasteiger partial charge in [-0.2, -0.15) is 0 Å². The summed E-state index contributed by atoms with van der Waals surface area (Å²) in [5.74, 6) is -0.273. The van der Waals surface area contributed by atoms with Crippen molar-refractivity contribution in [2.75, 3.05) is 13.7 Å². The number of hydrogen-bond acceptors (Lipinski definition) is 4. The molecule has 1 aliphatic heterocycles. The summed E-state index contributed by atoms with van der Waals surface area (Å²) >= 11 is 1.42. The molecule has 1 unspecified atom stereocenters. The van der Waals surface area contributed by atoms with Crippen molar-refractivity contribution in [3.63, 3.8) is 0 Å². The number of ether oxygens (including phenoxy) is 2. The highest BCUT2D eigenvalue weighted by molar-refractivity contribution is 8.04. The van der Waals surface area contributed by atoms with Gasteiger partial charge in [0, 0.05) is 13.0 Å². The second-order valence-corrected chi connectivity index (χ2v) is 6.08. The average Bonchev–Trinajstić information content (AvgIpc) is 2.91. The molecular formula is C15H26O3S. The van der Waals surface area contributed by atoms with Crippen molar-refractivity contribution in [3.8, 4) is 0 Å². The summed E-state index contributed by atoms with van der Waals surface area (Å²) in [5, 5.41) is 1.92. The first-order valence-electron chi connectivity index (χ1n) is 7.30. The van der Waals surface area contributed by atoms with Crippen LogP contribution >= 0.6 is 11.8 Å². The zero-order chi connectivity index (χ0) is 14.0. The number of thioether (sulfide) groups is 1. The topological polar surface area (TPSA) is 35.5 Å². The normalized spacial score (nSPS) is 21.8. The molecular weight excluding hydrogens is 260 g/mol. The number of rotatable bonds is 10. The van der Waals surface area contributed by atoms with E-state index in [2.05, 4.69) is 6.92 Å². The van der Waals surface area contributed by atoms with Gasteiger partial charge in [-0.25, -0.2) is 4.79 Å². The monoisotopic (exact) mass is 286 g/mol. The van der Waals surface area contributed by atoms with E-state index in [4.69, 9.17) is 9.47 Å². The summed E-state index contributed by atoms with van der Waals surface area (Å²) in [6.45, 7) is 2.87. The Morgan fingerprint density at radius 3 is 2.47 bits per heavy atom. The van der Waals surface area contributed by atoms with Gasteiger partial charge in [0.2, 0.25) is 4.93 Å². The SMILES string of the molecule is CCCCCCCCCOC1(C(=O)OC)CC=CS1. The fraction of sp³-hybridized carbons (Fsp3) is 0.800. The number of esters is 1. The van der Waals surface area contributed by atoms with Crippen LogP contribution in [0, 0.1) is 0 Å². The van der Waals surface area contributed by atoms with Crippen molar-refractivity contribution in [1.82, 2.24) is 0 Å². The Bertz CT molecular complexity index is 281. The molecule has 0 radical (unpaired) electrons. The van der Waals surface area contributed by atoms with Crippen molar-refractivity contribution >= 4 is 17.7 Å². The Balaban J connectivity index is 2.11. The molecule has 0 spiro atoms. The molecule has 19 heavy (non-hydrogen) atoms. The van der Waals surface area contributed by atoms with Gasteiger partial charge in [-0.1, -0.05) is 63.3 Å². The molecule has 0 N–H and O–H groups in total. The lowest BCUT2D eigenvalue weighted by atomic mass is 10.1. The lowest BCUT2D eigenvalue weighted by molar-refractivity contribution is -0.157. The lowest BCUT2D eigenvalue weighted by Gasteiger charge is -2.25. The molecule has 4 heteroatoms. The van der Waals surface area contributed by atoms with Crippen LogP contribution in [0.3, 0.4) is 0 Å². The third-order valence-electron chi connectivity index (χ3n) is 3.32. The maximum atomic E-state index is 11.8. The van der Waals surface area contributed by atoms with Gasteiger partial charge in [0.05, 0.1) is 7.11 Å². The Labute approximate surface area is 121 Å². The number of unbranched alkanes of at least 4 members (excludes halogenated alkanes) is 6. The first kappa shape index (κ1) is 16.6. The standard InChI is InChI=1S/C15H26O3S/c1-3-4-5-6-7-8-9-12-18-15(14(16)17-2)11-10-13-19-15/h10,13H,3-9,11-12H2,1-2H3. The highest BCUT2D eigenvalue weighted by Crippen LogP contribution is 2.38. The lowest BCUT2D eigenvalue weighted by Crippen LogP contribution is -2.37. The van der Waals surface area contributed by atoms with Gasteiger partial charge < -0.3 is 9.47 Å². The number of carbonyl (C=O) groups excluding carboxylic acids is 1. The molecule has 3 nitrogen and oxygen atoms in total. The van der Waals surface area contributed by atoms with Crippen LogP contribution in [0.2, 0.25) is 0 Å². The summed E-state index contributed by atoms with van der Waals surface area (Å²) < 4.78 is 10.6. The molecule has 1 rings (SSSR count). The molecule has 0 aromatic carbocycles. The van der Waals surface area contributed by atoms with Crippen LogP contribution in [0.5, 0.6) is 0 Å². The smallest absolute Gasteiger partial charge is 0.349 e. The maximum absolute atomic E-state index is 11.8. The zero-order valence-corrected chi connectivity index (χ0v) is 13.0. The van der Waals surface area contributed by atoms with Gasteiger partial charge in [-0.05, 0) is 11.8 Å². The molecule has 0 fully saturated rings. The van der Waals surface area contributed by atoms with Crippen LogP contribution < -0.4 is 0 Å². The third kappa shape index (κ3) is 5.57. The van der Waals surface area contributed by atoms with Gasteiger partial charge >= 0.3 is 5.97 Å². The minimum atomic E-state index is -0.809. The number of methoxy groups -OCH3 is 1. The van der Waals surface area contributed by atoms with Crippen LogP contribution in [0.15, 0.2) is 11.5 Å². The Morgan fingerprint density at radius 1 is 1.21 bits per heavy atom. The molecule has 0 aliphatic carbocycles.